The quantitative estimate of drug-likeness (QED) is 0.634. The summed E-state index contributed by atoms with van der Waals surface area (Å²) in [5, 5.41) is 8.58. The maximum absolute atomic E-state index is 10.4. The number of allylic oxidation sites excluding steroid dienone is 2. The molecule has 0 aliphatic rings. The molecule has 0 aromatic heterocycles. The van der Waals surface area contributed by atoms with Crippen molar-refractivity contribution in [2.45, 2.75) is 27.2 Å². The lowest BCUT2D eigenvalue weighted by Gasteiger charge is -2.09. The van der Waals surface area contributed by atoms with E-state index in [4.69, 9.17) is 5.11 Å². The molecule has 0 fully saturated rings. The molecule has 0 aliphatic carbocycles. The van der Waals surface area contributed by atoms with Crippen LogP contribution in [0.4, 0.5) is 0 Å². The summed E-state index contributed by atoms with van der Waals surface area (Å²) in [6, 6.07) is 0. The van der Waals surface area contributed by atoms with Crippen LogP contribution in [0, 0.1) is 11.8 Å². The topological polar surface area (TPSA) is 37.3 Å². The van der Waals surface area contributed by atoms with Gasteiger partial charge in [-0.1, -0.05) is 26.0 Å². The molecule has 0 unspecified atom stereocenters. The van der Waals surface area contributed by atoms with Gasteiger partial charge in [0.05, 0.1) is 5.92 Å². The summed E-state index contributed by atoms with van der Waals surface area (Å²) in [6.07, 6.45) is 4.71. The molecule has 0 heterocycles. The van der Waals surface area contributed by atoms with E-state index in [0.717, 1.165) is 6.42 Å². The highest BCUT2D eigenvalue weighted by Crippen LogP contribution is 2.12. The van der Waals surface area contributed by atoms with Crippen molar-refractivity contribution >= 4 is 5.97 Å². The third-order valence-corrected chi connectivity index (χ3v) is 1.67. The molecule has 0 aromatic carbocycles. The Kier molecular flexibility index (Phi) is 4.59. The first-order valence-electron chi connectivity index (χ1n) is 3.93. The first-order valence-corrected chi connectivity index (χ1v) is 3.93. The third-order valence-electron chi connectivity index (χ3n) is 1.67. The number of carboxylic acids is 1. The van der Waals surface area contributed by atoms with Crippen molar-refractivity contribution < 1.29 is 9.90 Å². The minimum Gasteiger partial charge on any atom is -0.481 e. The van der Waals surface area contributed by atoms with Crippen LogP contribution in [0.3, 0.4) is 0 Å². The van der Waals surface area contributed by atoms with Gasteiger partial charge in [-0.05, 0) is 19.3 Å². The summed E-state index contributed by atoms with van der Waals surface area (Å²) in [4.78, 5) is 10.4. The van der Waals surface area contributed by atoms with Crippen LogP contribution in [0.25, 0.3) is 0 Å². The van der Waals surface area contributed by atoms with Gasteiger partial charge < -0.3 is 5.11 Å². The van der Waals surface area contributed by atoms with E-state index >= 15 is 0 Å². The Morgan fingerprint density at radius 1 is 1.55 bits per heavy atom. The molecule has 0 amide bonds. The van der Waals surface area contributed by atoms with Crippen LogP contribution < -0.4 is 0 Å². The van der Waals surface area contributed by atoms with Gasteiger partial charge in [0.1, 0.15) is 0 Å². The van der Waals surface area contributed by atoms with Crippen molar-refractivity contribution in [2.75, 3.05) is 0 Å². The molecular weight excluding hydrogens is 140 g/mol. The zero-order chi connectivity index (χ0) is 8.85. The van der Waals surface area contributed by atoms with Crippen molar-refractivity contribution in [3.05, 3.63) is 12.2 Å². The van der Waals surface area contributed by atoms with Gasteiger partial charge in [-0.2, -0.15) is 0 Å². The highest BCUT2D eigenvalue weighted by molar-refractivity contribution is 5.69. The van der Waals surface area contributed by atoms with Crippen molar-refractivity contribution in [1.82, 2.24) is 0 Å². The molecule has 0 bridgehead atoms. The fraction of sp³-hybridized carbons (Fsp3) is 0.667. The standard InChI is InChI=1S/C9H16O2/c1-4-5-7(2)6-8(3)9(10)11/h4-5,7-8H,6H2,1-3H3,(H,10,11)/b5-4-/t7-,8-/m1/s1. The Morgan fingerprint density at radius 3 is 2.45 bits per heavy atom. The molecule has 0 rings (SSSR count). The van der Waals surface area contributed by atoms with Gasteiger partial charge in [-0.25, -0.2) is 0 Å². The van der Waals surface area contributed by atoms with Gasteiger partial charge in [0.2, 0.25) is 0 Å². The van der Waals surface area contributed by atoms with Crippen LogP contribution in [0.15, 0.2) is 12.2 Å². The van der Waals surface area contributed by atoms with Crippen LogP contribution in [0.2, 0.25) is 0 Å². The Hall–Kier alpha value is -0.790. The van der Waals surface area contributed by atoms with E-state index in [2.05, 4.69) is 0 Å². The van der Waals surface area contributed by atoms with Crippen molar-refractivity contribution in [3.63, 3.8) is 0 Å². The maximum Gasteiger partial charge on any atom is 0.306 e. The lowest BCUT2D eigenvalue weighted by atomic mass is 9.97. The maximum atomic E-state index is 10.4. The van der Waals surface area contributed by atoms with Gasteiger partial charge in [0.25, 0.3) is 0 Å². The molecule has 2 heteroatoms. The number of aliphatic carboxylic acids is 1. The van der Waals surface area contributed by atoms with Crippen LogP contribution in [-0.4, -0.2) is 11.1 Å². The summed E-state index contributed by atoms with van der Waals surface area (Å²) < 4.78 is 0. The minimum absolute atomic E-state index is 0.235. The second-order valence-corrected chi connectivity index (χ2v) is 2.98. The minimum atomic E-state index is -0.707. The normalized spacial score (nSPS) is 16.6. The highest BCUT2D eigenvalue weighted by Gasteiger charge is 2.12. The number of carbonyl (C=O) groups is 1. The fourth-order valence-corrected chi connectivity index (χ4v) is 1.07. The number of carboxylic acid groups (broad SMARTS) is 1. The second kappa shape index (κ2) is 4.94. The zero-order valence-corrected chi connectivity index (χ0v) is 7.37. The van der Waals surface area contributed by atoms with Crippen molar-refractivity contribution in [2.24, 2.45) is 11.8 Å². The van der Waals surface area contributed by atoms with E-state index in [1.807, 2.05) is 26.0 Å². The van der Waals surface area contributed by atoms with Gasteiger partial charge in [0.15, 0.2) is 0 Å². The van der Waals surface area contributed by atoms with Crippen LogP contribution in [0.5, 0.6) is 0 Å². The molecule has 1 N–H and O–H groups in total. The number of hydrogen-bond donors (Lipinski definition) is 1. The predicted molar refractivity (Wildman–Crippen MR) is 45.4 cm³/mol. The SMILES string of the molecule is C/C=C\[C@@H](C)C[C@@H](C)C(=O)O. The van der Waals surface area contributed by atoms with E-state index in [9.17, 15) is 4.79 Å². The average molecular weight is 156 g/mol. The van der Waals surface area contributed by atoms with Gasteiger partial charge >= 0.3 is 5.97 Å². The third kappa shape index (κ3) is 4.59. The smallest absolute Gasteiger partial charge is 0.306 e. The molecule has 0 aromatic rings. The largest absolute Gasteiger partial charge is 0.481 e. The molecule has 0 spiro atoms. The van der Waals surface area contributed by atoms with E-state index in [1.54, 1.807) is 6.92 Å². The van der Waals surface area contributed by atoms with Crippen LogP contribution >= 0.6 is 0 Å². The molecule has 0 aliphatic heterocycles. The zero-order valence-electron chi connectivity index (χ0n) is 7.37. The van der Waals surface area contributed by atoms with Gasteiger partial charge in [-0.3, -0.25) is 4.79 Å². The second-order valence-electron chi connectivity index (χ2n) is 2.98. The lowest BCUT2D eigenvalue weighted by molar-refractivity contribution is -0.141. The molecule has 2 nitrogen and oxygen atoms in total. The number of hydrogen-bond acceptors (Lipinski definition) is 1. The highest BCUT2D eigenvalue weighted by atomic mass is 16.4. The first-order chi connectivity index (χ1) is 5.07. The summed E-state index contributed by atoms with van der Waals surface area (Å²) in [5.74, 6) is -0.575. The Bertz CT molecular complexity index is 150. The van der Waals surface area contributed by atoms with E-state index in [-0.39, 0.29) is 5.92 Å². The summed E-state index contributed by atoms with van der Waals surface area (Å²) in [5.41, 5.74) is 0. The van der Waals surface area contributed by atoms with E-state index < -0.39 is 5.97 Å². The summed E-state index contributed by atoms with van der Waals surface area (Å²) >= 11 is 0. The monoisotopic (exact) mass is 156 g/mol. The summed E-state index contributed by atoms with van der Waals surface area (Å²) in [7, 11) is 0. The number of rotatable bonds is 4. The van der Waals surface area contributed by atoms with E-state index in [1.165, 1.54) is 0 Å². The molecule has 0 saturated carbocycles. The Morgan fingerprint density at radius 2 is 2.09 bits per heavy atom. The molecular formula is C9H16O2. The van der Waals surface area contributed by atoms with Gasteiger partial charge in [-0.15, -0.1) is 0 Å². The Labute approximate surface area is 67.9 Å². The fourth-order valence-electron chi connectivity index (χ4n) is 1.07. The lowest BCUT2D eigenvalue weighted by Crippen LogP contribution is -2.12. The van der Waals surface area contributed by atoms with Crippen LogP contribution in [-0.2, 0) is 4.79 Å². The molecule has 2 atom stereocenters. The van der Waals surface area contributed by atoms with Crippen LogP contribution in [0.1, 0.15) is 27.2 Å². The first kappa shape index (κ1) is 10.2. The summed E-state index contributed by atoms with van der Waals surface area (Å²) in [6.45, 7) is 5.71. The molecule has 64 valence electrons. The van der Waals surface area contributed by atoms with E-state index in [0.29, 0.717) is 5.92 Å². The Balaban J connectivity index is 3.74. The van der Waals surface area contributed by atoms with Gasteiger partial charge in [0, 0.05) is 0 Å². The predicted octanol–water partition coefficient (Wildman–Crippen LogP) is 2.31. The average Bonchev–Trinajstić information content (AvgIpc) is 1.87. The van der Waals surface area contributed by atoms with Crippen molar-refractivity contribution in [3.8, 4) is 0 Å². The molecule has 11 heavy (non-hydrogen) atoms. The molecule has 0 saturated heterocycles. The van der Waals surface area contributed by atoms with Crippen molar-refractivity contribution in [1.29, 1.82) is 0 Å². The molecule has 0 radical (unpaired) electrons.